The van der Waals surface area contributed by atoms with E-state index in [1.807, 2.05) is 0 Å². The van der Waals surface area contributed by atoms with Crippen LogP contribution in [-0.2, 0) is 0 Å². The van der Waals surface area contributed by atoms with Crippen LogP contribution < -0.4 is 5.19 Å². The van der Waals surface area contributed by atoms with Crippen LogP contribution in [0.2, 0.25) is 16.6 Å². The quantitative estimate of drug-likeness (QED) is 0.756. The molecule has 0 unspecified atom stereocenters. The maximum Gasteiger partial charge on any atom is 0.0979 e. The molecule has 0 amide bonds. The van der Waals surface area contributed by atoms with Gasteiger partial charge < -0.3 is 5.11 Å². The maximum absolute atomic E-state index is 10.2. The second-order valence-electron chi connectivity index (χ2n) is 6.86. The number of hydrogen-bond donors (Lipinski definition) is 1. The van der Waals surface area contributed by atoms with E-state index in [1.165, 1.54) is 6.42 Å². The van der Waals surface area contributed by atoms with Crippen LogP contribution >= 0.6 is 0 Å². The SMILES string of the molecule is CC(C)(C)[Si@]1(c2ccccc2)C[C@@H](O)[C@H]2C[C@H]21. The summed E-state index contributed by atoms with van der Waals surface area (Å²) in [7, 11) is -1.55. The number of rotatable bonds is 1. The second-order valence-corrected chi connectivity index (χ2v) is 12.0. The van der Waals surface area contributed by atoms with Crippen LogP contribution in [0.15, 0.2) is 30.3 Å². The summed E-state index contributed by atoms with van der Waals surface area (Å²) in [6.07, 6.45) is 1.26. The molecular weight excluding hydrogens is 224 g/mol. The van der Waals surface area contributed by atoms with Crippen molar-refractivity contribution in [2.45, 2.75) is 49.9 Å². The van der Waals surface area contributed by atoms with Crippen molar-refractivity contribution >= 4 is 13.3 Å². The number of benzene rings is 1. The molecule has 1 aromatic carbocycles. The van der Waals surface area contributed by atoms with Gasteiger partial charge >= 0.3 is 0 Å². The van der Waals surface area contributed by atoms with Gasteiger partial charge in [0.05, 0.1) is 14.2 Å². The molecule has 0 spiro atoms. The van der Waals surface area contributed by atoms with Crippen molar-refractivity contribution in [3.05, 3.63) is 30.3 Å². The van der Waals surface area contributed by atoms with E-state index in [4.69, 9.17) is 0 Å². The summed E-state index contributed by atoms with van der Waals surface area (Å²) < 4.78 is 0. The van der Waals surface area contributed by atoms with E-state index in [2.05, 4.69) is 51.1 Å². The molecule has 1 saturated heterocycles. The molecule has 1 heterocycles. The smallest absolute Gasteiger partial charge is 0.0979 e. The molecule has 2 heteroatoms. The lowest BCUT2D eigenvalue weighted by Crippen LogP contribution is -2.54. The highest BCUT2D eigenvalue weighted by Gasteiger charge is 2.67. The molecule has 2 aliphatic rings. The molecule has 17 heavy (non-hydrogen) atoms. The molecule has 1 saturated carbocycles. The van der Waals surface area contributed by atoms with Crippen molar-refractivity contribution in [1.29, 1.82) is 0 Å². The van der Waals surface area contributed by atoms with Gasteiger partial charge in [0, 0.05) is 0 Å². The zero-order valence-electron chi connectivity index (χ0n) is 11.0. The van der Waals surface area contributed by atoms with Gasteiger partial charge in [-0.3, -0.25) is 0 Å². The Morgan fingerprint density at radius 2 is 1.82 bits per heavy atom. The zero-order valence-corrected chi connectivity index (χ0v) is 12.0. The highest BCUT2D eigenvalue weighted by Crippen LogP contribution is 2.67. The summed E-state index contributed by atoms with van der Waals surface area (Å²) in [6, 6.07) is 12.1. The third-order valence-corrected chi connectivity index (χ3v) is 12.2. The fraction of sp³-hybridized carbons (Fsp3) is 0.600. The predicted octanol–water partition coefficient (Wildman–Crippen LogP) is 2.91. The number of aliphatic hydroxyl groups is 1. The van der Waals surface area contributed by atoms with Crippen LogP contribution in [0.4, 0.5) is 0 Å². The minimum absolute atomic E-state index is 0.0221. The first-order chi connectivity index (χ1) is 7.97. The van der Waals surface area contributed by atoms with E-state index < -0.39 is 8.07 Å². The average Bonchev–Trinajstić information content (AvgIpc) is 3.00. The number of aliphatic hydroxyl groups excluding tert-OH is 1. The Labute approximate surface area is 105 Å². The minimum atomic E-state index is -1.55. The van der Waals surface area contributed by atoms with Crippen molar-refractivity contribution in [2.24, 2.45) is 5.92 Å². The Hall–Kier alpha value is -0.603. The van der Waals surface area contributed by atoms with Gasteiger partial charge in [-0.2, -0.15) is 0 Å². The van der Waals surface area contributed by atoms with Crippen LogP contribution in [0.25, 0.3) is 0 Å². The Morgan fingerprint density at radius 1 is 1.18 bits per heavy atom. The summed E-state index contributed by atoms with van der Waals surface area (Å²) in [5, 5.41) is 12.2. The lowest BCUT2D eigenvalue weighted by molar-refractivity contribution is 0.177. The molecule has 2 fully saturated rings. The first-order valence-corrected chi connectivity index (χ1v) is 8.99. The topological polar surface area (TPSA) is 20.2 Å². The summed E-state index contributed by atoms with van der Waals surface area (Å²) in [5.41, 5.74) is 0.833. The van der Waals surface area contributed by atoms with Gasteiger partial charge in [0.15, 0.2) is 0 Å². The maximum atomic E-state index is 10.2. The Balaban J connectivity index is 2.11. The molecule has 1 nitrogen and oxygen atoms in total. The lowest BCUT2D eigenvalue weighted by Gasteiger charge is -2.42. The van der Waals surface area contributed by atoms with E-state index in [0.717, 1.165) is 11.6 Å². The third-order valence-electron chi connectivity index (χ3n) is 5.13. The Kier molecular flexibility index (Phi) is 2.33. The largest absolute Gasteiger partial charge is 0.393 e. The molecular formula is C15H22OSi. The fourth-order valence-electron chi connectivity index (χ4n) is 4.20. The molecule has 1 aromatic rings. The van der Waals surface area contributed by atoms with Crippen molar-refractivity contribution < 1.29 is 5.11 Å². The number of fused-ring (bicyclic) bond motifs is 1. The standard InChI is InChI=1S/C15H22OSi/c1-15(2,3)17(11-7-5-4-6-8-11)10-13(16)12-9-14(12)17/h4-8,12-14,16H,9-10H2,1-3H3/t12-,13-,14-,17+/m1/s1. The monoisotopic (exact) mass is 246 g/mol. The van der Waals surface area contributed by atoms with Gasteiger partial charge in [-0.15, -0.1) is 0 Å². The lowest BCUT2D eigenvalue weighted by atomic mass is 10.2. The Morgan fingerprint density at radius 3 is 2.24 bits per heavy atom. The molecule has 0 radical (unpaired) electrons. The van der Waals surface area contributed by atoms with E-state index in [9.17, 15) is 5.11 Å². The minimum Gasteiger partial charge on any atom is -0.393 e. The van der Waals surface area contributed by atoms with Crippen molar-refractivity contribution in [3.8, 4) is 0 Å². The molecule has 92 valence electrons. The summed E-state index contributed by atoms with van der Waals surface area (Å²) >= 11 is 0. The van der Waals surface area contributed by atoms with Crippen LogP contribution in [0.5, 0.6) is 0 Å². The van der Waals surface area contributed by atoms with Crippen molar-refractivity contribution in [1.82, 2.24) is 0 Å². The van der Waals surface area contributed by atoms with Gasteiger partial charge in [-0.25, -0.2) is 0 Å². The van der Waals surface area contributed by atoms with Gasteiger partial charge in [-0.05, 0) is 29.0 Å². The van der Waals surface area contributed by atoms with Gasteiger partial charge in [0.1, 0.15) is 0 Å². The van der Waals surface area contributed by atoms with E-state index in [1.54, 1.807) is 5.19 Å². The second kappa shape index (κ2) is 3.45. The van der Waals surface area contributed by atoms with Crippen LogP contribution in [0, 0.1) is 5.92 Å². The summed E-state index contributed by atoms with van der Waals surface area (Å²) in [4.78, 5) is 0. The van der Waals surface area contributed by atoms with Crippen LogP contribution in [0.3, 0.4) is 0 Å². The zero-order chi connectivity index (χ0) is 12.3. The fourth-order valence-corrected chi connectivity index (χ4v) is 11.1. The molecule has 0 aromatic heterocycles. The molecule has 1 N–H and O–H groups in total. The first-order valence-electron chi connectivity index (χ1n) is 6.70. The van der Waals surface area contributed by atoms with Crippen molar-refractivity contribution in [3.63, 3.8) is 0 Å². The summed E-state index contributed by atoms with van der Waals surface area (Å²) in [5.74, 6) is 0.626. The van der Waals surface area contributed by atoms with E-state index in [0.29, 0.717) is 11.0 Å². The van der Waals surface area contributed by atoms with Gasteiger partial charge in [-0.1, -0.05) is 56.3 Å². The first kappa shape index (κ1) is 11.5. The molecule has 1 aliphatic heterocycles. The predicted molar refractivity (Wildman–Crippen MR) is 74.2 cm³/mol. The van der Waals surface area contributed by atoms with Crippen LogP contribution in [-0.4, -0.2) is 19.3 Å². The van der Waals surface area contributed by atoms with Gasteiger partial charge in [0.2, 0.25) is 0 Å². The molecule has 1 aliphatic carbocycles. The van der Waals surface area contributed by atoms with Crippen LogP contribution in [0.1, 0.15) is 27.2 Å². The summed E-state index contributed by atoms with van der Waals surface area (Å²) in [6.45, 7) is 7.17. The average molecular weight is 246 g/mol. The highest BCUT2D eigenvalue weighted by atomic mass is 28.3. The Bertz CT molecular complexity index is 422. The van der Waals surface area contributed by atoms with Gasteiger partial charge in [0.25, 0.3) is 0 Å². The van der Waals surface area contributed by atoms with E-state index in [-0.39, 0.29) is 6.10 Å². The normalized spacial score (nSPS) is 40.1. The van der Waals surface area contributed by atoms with Crippen molar-refractivity contribution in [2.75, 3.05) is 0 Å². The number of hydrogen-bond acceptors (Lipinski definition) is 1. The third kappa shape index (κ3) is 1.47. The van der Waals surface area contributed by atoms with E-state index >= 15 is 0 Å². The molecule has 0 bridgehead atoms. The molecule has 4 atom stereocenters. The molecule has 3 rings (SSSR count). The highest BCUT2D eigenvalue weighted by molar-refractivity contribution is 6.96.